The lowest BCUT2D eigenvalue weighted by atomic mass is 9.95. The number of hydrogen-bond acceptors (Lipinski definition) is 6. The third-order valence-electron chi connectivity index (χ3n) is 16.3. The van der Waals surface area contributed by atoms with Crippen LogP contribution in [0.2, 0.25) is 0 Å². The maximum absolute atomic E-state index is 10.6. The Bertz CT molecular complexity index is 5060. The van der Waals surface area contributed by atoms with Gasteiger partial charge in [-0.05, 0) is 141 Å². The largest absolute Gasteiger partial charge is 0.308 e. The van der Waals surface area contributed by atoms with Crippen LogP contribution in [0.1, 0.15) is 16.7 Å². The average molecular weight is 1100 g/mol. The van der Waals surface area contributed by atoms with Crippen LogP contribution in [0.15, 0.2) is 279 Å². The summed E-state index contributed by atoms with van der Waals surface area (Å²) in [7, 11) is 0. The lowest BCUT2D eigenvalue weighted by molar-refractivity contribution is 1.06. The molecule has 8 nitrogen and oxygen atoms in total. The predicted octanol–water partition coefficient (Wildman–Crippen LogP) is 19.0. The summed E-state index contributed by atoms with van der Waals surface area (Å²) in [6, 6.07) is 102. The van der Waals surface area contributed by atoms with Gasteiger partial charge in [-0.25, -0.2) is 15.0 Å². The first-order valence-corrected chi connectivity index (χ1v) is 28.3. The molecule has 0 atom stereocenters. The molecule has 0 amide bonds. The Morgan fingerprint density at radius 1 is 0.244 bits per heavy atom. The minimum Gasteiger partial charge on any atom is -0.308 e. The number of fused-ring (bicyclic) bond motifs is 6. The van der Waals surface area contributed by atoms with Crippen molar-refractivity contribution in [2.75, 3.05) is 0 Å². The molecule has 0 radical (unpaired) electrons. The molecule has 0 bridgehead atoms. The van der Waals surface area contributed by atoms with Crippen LogP contribution < -0.4 is 0 Å². The third-order valence-corrected chi connectivity index (χ3v) is 16.3. The molecule has 15 rings (SSSR count). The summed E-state index contributed by atoms with van der Waals surface area (Å²) in [4.78, 5) is 16.8. The van der Waals surface area contributed by atoms with Gasteiger partial charge in [-0.3, -0.25) is 0 Å². The van der Waals surface area contributed by atoms with Crippen LogP contribution in [-0.2, 0) is 0 Å². The standard InChI is InChI=1S/C78H46N8/c79-47-50-17-15-24-54(41-50)58-33-37-66(74(45-58)85-70-31-13-11-28-63(70)68-43-56(35-39-72(68)85)52-19-3-1-4-20-52)77-82-76(65-30-10-9-27-62(65)61-26-8-7-23-60(61)49-81)83-78(84-77)67-38-34-59(55-25-16-18-51(42-55)48-80)46-75(67)86-71-32-14-12-29-64(71)69-44-57(36-40-73(69)86)53-21-5-2-6-22-53/h1-46H. The number of para-hydroxylation sites is 2. The van der Waals surface area contributed by atoms with Crippen LogP contribution in [-0.4, -0.2) is 24.1 Å². The Hall–Kier alpha value is -12.3. The molecule has 0 N–H and O–H groups in total. The second-order valence-corrected chi connectivity index (χ2v) is 21.3. The Morgan fingerprint density at radius 3 is 1.10 bits per heavy atom. The van der Waals surface area contributed by atoms with E-state index in [0.717, 1.165) is 122 Å². The molecule has 0 saturated carbocycles. The second-order valence-electron chi connectivity index (χ2n) is 21.3. The van der Waals surface area contributed by atoms with Crippen LogP contribution in [0.5, 0.6) is 0 Å². The Kier molecular flexibility index (Phi) is 12.5. The number of nitriles is 3. The summed E-state index contributed by atoms with van der Waals surface area (Å²) >= 11 is 0. The summed E-state index contributed by atoms with van der Waals surface area (Å²) in [6.07, 6.45) is 0. The summed E-state index contributed by atoms with van der Waals surface area (Å²) in [5, 5.41) is 35.2. The summed E-state index contributed by atoms with van der Waals surface area (Å²) in [5.74, 6) is 1.24. The first-order valence-electron chi connectivity index (χ1n) is 28.3. The van der Waals surface area contributed by atoms with E-state index in [-0.39, 0.29) is 0 Å². The maximum Gasteiger partial charge on any atom is 0.166 e. The molecule has 398 valence electrons. The number of nitrogens with zero attached hydrogens (tertiary/aromatic N) is 8. The summed E-state index contributed by atoms with van der Waals surface area (Å²) in [5.41, 5.74) is 19.0. The fourth-order valence-electron chi connectivity index (χ4n) is 12.3. The molecule has 3 aromatic heterocycles. The van der Waals surface area contributed by atoms with E-state index in [1.165, 1.54) is 0 Å². The first-order chi connectivity index (χ1) is 42.5. The highest BCUT2D eigenvalue weighted by Crippen LogP contribution is 2.44. The zero-order valence-electron chi connectivity index (χ0n) is 46.1. The Balaban J connectivity index is 1.04. The number of hydrogen-bond donors (Lipinski definition) is 0. The van der Waals surface area contributed by atoms with Gasteiger partial charge < -0.3 is 9.13 Å². The zero-order valence-corrected chi connectivity index (χ0v) is 46.1. The Morgan fingerprint density at radius 2 is 0.616 bits per heavy atom. The van der Waals surface area contributed by atoms with E-state index in [1.807, 2.05) is 109 Å². The topological polar surface area (TPSA) is 120 Å². The smallest absolute Gasteiger partial charge is 0.166 e. The summed E-state index contributed by atoms with van der Waals surface area (Å²) < 4.78 is 4.62. The molecule has 0 aliphatic carbocycles. The van der Waals surface area contributed by atoms with Gasteiger partial charge in [-0.2, -0.15) is 15.8 Å². The van der Waals surface area contributed by atoms with E-state index in [4.69, 9.17) is 15.0 Å². The van der Waals surface area contributed by atoms with Gasteiger partial charge in [-0.1, -0.05) is 188 Å². The highest BCUT2D eigenvalue weighted by atomic mass is 15.1. The zero-order chi connectivity index (χ0) is 57.7. The van der Waals surface area contributed by atoms with E-state index < -0.39 is 0 Å². The van der Waals surface area contributed by atoms with Gasteiger partial charge in [0.15, 0.2) is 17.5 Å². The van der Waals surface area contributed by atoms with Crippen molar-refractivity contribution in [1.82, 2.24) is 24.1 Å². The molecule has 3 heterocycles. The second kappa shape index (κ2) is 21.2. The SMILES string of the molecule is N#Cc1cccc(-c2ccc(-c3nc(-c4ccccc4-c4ccccc4C#N)nc(-c4ccc(-c5cccc(C#N)c5)cc4-n4c5ccccc5c5cc(-c6ccccc6)ccc54)n3)c(-n3c4ccccc4c4cc(-c5ccccc5)ccc43)c2)c1. The van der Waals surface area contributed by atoms with Crippen LogP contribution >= 0.6 is 0 Å². The van der Waals surface area contributed by atoms with Gasteiger partial charge in [0.25, 0.3) is 0 Å². The lowest BCUT2D eigenvalue weighted by Crippen LogP contribution is -2.06. The van der Waals surface area contributed by atoms with Crippen LogP contribution in [0.4, 0.5) is 0 Å². The van der Waals surface area contributed by atoms with Crippen molar-refractivity contribution in [3.05, 3.63) is 296 Å². The van der Waals surface area contributed by atoms with Gasteiger partial charge in [0.2, 0.25) is 0 Å². The molecule has 0 unspecified atom stereocenters. The molecular weight excluding hydrogens is 1050 g/mol. The van der Waals surface area contributed by atoms with Gasteiger partial charge >= 0.3 is 0 Å². The van der Waals surface area contributed by atoms with Crippen molar-refractivity contribution in [3.8, 4) is 119 Å². The first kappa shape index (κ1) is 50.7. The Labute approximate surface area is 495 Å². The average Bonchev–Trinajstić information content (AvgIpc) is 3.65. The number of benzene rings is 12. The lowest BCUT2D eigenvalue weighted by Gasteiger charge is -2.19. The molecule has 86 heavy (non-hydrogen) atoms. The van der Waals surface area contributed by atoms with Crippen molar-refractivity contribution < 1.29 is 0 Å². The highest BCUT2D eigenvalue weighted by Gasteiger charge is 2.25. The molecule has 15 aromatic rings. The van der Waals surface area contributed by atoms with E-state index >= 15 is 0 Å². The van der Waals surface area contributed by atoms with Gasteiger partial charge in [-0.15, -0.1) is 0 Å². The molecule has 12 aromatic carbocycles. The highest BCUT2D eigenvalue weighted by molar-refractivity contribution is 6.12. The molecule has 0 spiro atoms. The fraction of sp³-hybridized carbons (Fsp3) is 0. The molecular formula is C78H46N8. The van der Waals surface area contributed by atoms with Gasteiger partial charge in [0.05, 0.1) is 68.3 Å². The minimum absolute atomic E-state index is 0.409. The maximum atomic E-state index is 10.6. The minimum atomic E-state index is 0.409. The molecule has 8 heteroatoms. The van der Waals surface area contributed by atoms with Crippen molar-refractivity contribution in [1.29, 1.82) is 15.8 Å². The van der Waals surface area contributed by atoms with Crippen LogP contribution in [0, 0.1) is 34.0 Å². The van der Waals surface area contributed by atoms with Crippen LogP contribution in [0.3, 0.4) is 0 Å². The number of aromatic nitrogens is 5. The van der Waals surface area contributed by atoms with Gasteiger partial charge in [0, 0.05) is 43.8 Å². The predicted molar refractivity (Wildman–Crippen MR) is 346 cm³/mol. The monoisotopic (exact) mass is 1090 g/mol. The van der Waals surface area contributed by atoms with E-state index in [0.29, 0.717) is 39.7 Å². The molecule has 0 fully saturated rings. The number of rotatable bonds is 10. The van der Waals surface area contributed by atoms with E-state index in [9.17, 15) is 15.8 Å². The van der Waals surface area contributed by atoms with Crippen LogP contribution in [0.25, 0.3) is 145 Å². The van der Waals surface area contributed by atoms with Crippen molar-refractivity contribution in [2.24, 2.45) is 0 Å². The normalized spacial score (nSPS) is 11.2. The molecule has 0 aliphatic rings. The third kappa shape index (κ3) is 8.82. The van der Waals surface area contributed by atoms with E-state index in [2.05, 4.69) is 197 Å². The van der Waals surface area contributed by atoms with Crippen molar-refractivity contribution in [2.45, 2.75) is 0 Å². The van der Waals surface area contributed by atoms with Gasteiger partial charge in [0.1, 0.15) is 0 Å². The van der Waals surface area contributed by atoms with E-state index in [1.54, 1.807) is 0 Å². The molecule has 0 saturated heterocycles. The quantitative estimate of drug-likeness (QED) is 0.135. The summed E-state index contributed by atoms with van der Waals surface area (Å²) in [6.45, 7) is 0. The van der Waals surface area contributed by atoms with Crippen molar-refractivity contribution >= 4 is 43.6 Å². The fourth-order valence-corrected chi connectivity index (χ4v) is 12.3. The van der Waals surface area contributed by atoms with Crippen molar-refractivity contribution in [3.63, 3.8) is 0 Å². The molecule has 0 aliphatic heterocycles.